The highest BCUT2D eigenvalue weighted by atomic mass is 16.6. The van der Waals surface area contributed by atoms with Gasteiger partial charge in [-0.2, -0.15) is 0 Å². The van der Waals surface area contributed by atoms with Crippen molar-refractivity contribution in [3.63, 3.8) is 0 Å². The Balaban J connectivity index is 1.47. The van der Waals surface area contributed by atoms with Crippen LogP contribution in [0.15, 0.2) is 60.0 Å². The van der Waals surface area contributed by atoms with Crippen LogP contribution in [-0.2, 0) is 9.63 Å². The van der Waals surface area contributed by atoms with E-state index in [1.165, 1.54) is 0 Å². The summed E-state index contributed by atoms with van der Waals surface area (Å²) < 4.78 is 0. The lowest BCUT2D eigenvalue weighted by Crippen LogP contribution is -2.32. The van der Waals surface area contributed by atoms with Crippen LogP contribution in [0.3, 0.4) is 0 Å². The molecule has 0 unspecified atom stereocenters. The van der Waals surface area contributed by atoms with Crippen LogP contribution in [0.2, 0.25) is 0 Å². The lowest BCUT2D eigenvalue weighted by molar-refractivity contribution is -0.110. The van der Waals surface area contributed by atoms with Gasteiger partial charge >= 0.3 is 0 Å². The summed E-state index contributed by atoms with van der Waals surface area (Å²) in [5.74, 6) is -0.212. The SMILES string of the molecule is O=C(Nc1ccncc1)C1=NO[C@@H]2CN(c3ccccc3)C[C@H]12. The molecule has 0 bridgehead atoms. The standard InChI is InChI=1S/C17H16N4O2/c22-17(19-12-6-8-18-9-7-12)16-14-10-21(11-15(14)23-20-16)13-4-2-1-3-5-13/h1-9,14-15H,10-11H2,(H,18,19,22)/t14-,15+/m0/s1. The number of fused-ring (bicyclic) bond motifs is 1. The van der Waals surface area contributed by atoms with Crippen molar-refractivity contribution in [2.45, 2.75) is 6.10 Å². The predicted molar refractivity (Wildman–Crippen MR) is 87.3 cm³/mol. The van der Waals surface area contributed by atoms with Gasteiger partial charge in [-0.25, -0.2) is 0 Å². The molecule has 23 heavy (non-hydrogen) atoms. The second kappa shape index (κ2) is 5.72. The first-order chi connectivity index (χ1) is 11.3. The topological polar surface area (TPSA) is 66.8 Å². The third kappa shape index (κ3) is 2.63. The highest BCUT2D eigenvalue weighted by Crippen LogP contribution is 2.31. The molecule has 6 heteroatoms. The second-order valence-corrected chi connectivity index (χ2v) is 5.66. The molecule has 6 nitrogen and oxygen atoms in total. The Hall–Kier alpha value is -2.89. The fraction of sp³-hybridized carbons (Fsp3) is 0.235. The van der Waals surface area contributed by atoms with E-state index in [9.17, 15) is 4.79 Å². The Morgan fingerprint density at radius 1 is 1.13 bits per heavy atom. The molecular formula is C17H16N4O2. The molecule has 0 saturated carbocycles. The van der Waals surface area contributed by atoms with E-state index < -0.39 is 0 Å². The van der Waals surface area contributed by atoms with Crippen LogP contribution < -0.4 is 10.2 Å². The minimum absolute atomic E-state index is 0.00274. The number of nitrogens with one attached hydrogen (secondary N) is 1. The second-order valence-electron chi connectivity index (χ2n) is 5.66. The molecule has 2 aliphatic rings. The van der Waals surface area contributed by atoms with Gasteiger partial charge in [0.15, 0.2) is 11.8 Å². The van der Waals surface area contributed by atoms with Crippen LogP contribution in [-0.4, -0.2) is 35.8 Å². The van der Waals surface area contributed by atoms with Crippen LogP contribution >= 0.6 is 0 Å². The number of aromatic nitrogens is 1. The molecule has 3 heterocycles. The highest BCUT2D eigenvalue weighted by molar-refractivity contribution is 6.44. The van der Waals surface area contributed by atoms with Crippen molar-refractivity contribution in [2.24, 2.45) is 11.1 Å². The van der Waals surface area contributed by atoms with Gasteiger partial charge in [0.2, 0.25) is 0 Å². The van der Waals surface area contributed by atoms with Crippen molar-refractivity contribution in [3.05, 3.63) is 54.9 Å². The number of hydrogen-bond donors (Lipinski definition) is 1. The average Bonchev–Trinajstić information content (AvgIpc) is 3.17. The van der Waals surface area contributed by atoms with Gasteiger partial charge in [0.05, 0.1) is 12.5 Å². The minimum Gasteiger partial charge on any atom is -0.389 e. The van der Waals surface area contributed by atoms with E-state index in [0.717, 1.165) is 18.8 Å². The van der Waals surface area contributed by atoms with E-state index in [2.05, 4.69) is 32.5 Å². The Morgan fingerprint density at radius 3 is 2.70 bits per heavy atom. The number of carbonyl (C=O) groups is 1. The van der Waals surface area contributed by atoms with Gasteiger partial charge in [-0.15, -0.1) is 0 Å². The molecule has 116 valence electrons. The average molecular weight is 308 g/mol. The van der Waals surface area contributed by atoms with E-state index in [0.29, 0.717) is 11.4 Å². The Kier molecular flexibility index (Phi) is 3.42. The van der Waals surface area contributed by atoms with E-state index in [-0.39, 0.29) is 17.9 Å². The summed E-state index contributed by atoms with van der Waals surface area (Å²) in [6.07, 6.45) is 3.21. The van der Waals surface area contributed by atoms with Crippen molar-refractivity contribution in [1.82, 2.24) is 4.98 Å². The normalized spacial score (nSPS) is 22.3. The Morgan fingerprint density at radius 2 is 1.91 bits per heavy atom. The first-order valence-corrected chi connectivity index (χ1v) is 7.56. The first kappa shape index (κ1) is 13.8. The summed E-state index contributed by atoms with van der Waals surface area (Å²) in [4.78, 5) is 24.1. The molecule has 1 saturated heterocycles. The van der Waals surface area contributed by atoms with Gasteiger partial charge in [0.1, 0.15) is 0 Å². The molecule has 4 rings (SSSR count). The van der Waals surface area contributed by atoms with Crippen molar-refractivity contribution < 1.29 is 9.63 Å². The maximum atomic E-state index is 12.4. The molecule has 2 aromatic rings. The number of anilines is 2. The molecule has 1 amide bonds. The Labute approximate surface area is 133 Å². The maximum absolute atomic E-state index is 12.4. The zero-order valence-electron chi connectivity index (χ0n) is 12.4. The largest absolute Gasteiger partial charge is 0.389 e. The molecule has 1 aromatic carbocycles. The molecule has 1 fully saturated rings. The number of benzene rings is 1. The third-order valence-electron chi connectivity index (χ3n) is 4.20. The first-order valence-electron chi connectivity index (χ1n) is 7.56. The summed E-state index contributed by atoms with van der Waals surface area (Å²) in [5.41, 5.74) is 2.30. The summed E-state index contributed by atoms with van der Waals surface area (Å²) in [6.45, 7) is 1.47. The van der Waals surface area contributed by atoms with Gasteiger partial charge in [-0.05, 0) is 24.3 Å². The lowest BCUT2D eigenvalue weighted by atomic mass is 10.0. The quantitative estimate of drug-likeness (QED) is 0.940. The number of nitrogens with zero attached hydrogens (tertiary/aromatic N) is 3. The molecule has 1 N–H and O–H groups in total. The zero-order chi connectivity index (χ0) is 15.6. The number of pyridine rings is 1. The number of hydrogen-bond acceptors (Lipinski definition) is 5. The van der Waals surface area contributed by atoms with Gasteiger partial charge in [-0.3, -0.25) is 9.78 Å². The number of amides is 1. The van der Waals surface area contributed by atoms with E-state index >= 15 is 0 Å². The number of oxime groups is 1. The Bertz CT molecular complexity index is 733. The molecule has 0 aliphatic carbocycles. The van der Waals surface area contributed by atoms with Crippen molar-refractivity contribution in [1.29, 1.82) is 0 Å². The zero-order valence-corrected chi connectivity index (χ0v) is 12.4. The maximum Gasteiger partial charge on any atom is 0.273 e. The van der Waals surface area contributed by atoms with Crippen LogP contribution in [0.1, 0.15) is 0 Å². The molecule has 0 spiro atoms. The van der Waals surface area contributed by atoms with Crippen molar-refractivity contribution in [2.75, 3.05) is 23.3 Å². The van der Waals surface area contributed by atoms with Crippen LogP contribution in [0.4, 0.5) is 11.4 Å². The third-order valence-corrected chi connectivity index (χ3v) is 4.20. The number of rotatable bonds is 3. The van der Waals surface area contributed by atoms with E-state index in [1.54, 1.807) is 24.5 Å². The fourth-order valence-corrected chi connectivity index (χ4v) is 3.03. The van der Waals surface area contributed by atoms with Crippen LogP contribution in [0.25, 0.3) is 0 Å². The summed E-state index contributed by atoms with van der Waals surface area (Å²) in [7, 11) is 0. The molecule has 0 radical (unpaired) electrons. The minimum atomic E-state index is -0.210. The lowest BCUT2D eigenvalue weighted by Gasteiger charge is -2.18. The molecule has 2 atom stereocenters. The van der Waals surface area contributed by atoms with Gasteiger partial charge < -0.3 is 15.1 Å². The van der Waals surface area contributed by atoms with Crippen molar-refractivity contribution in [3.8, 4) is 0 Å². The summed E-state index contributed by atoms with van der Waals surface area (Å²) in [5, 5.41) is 6.85. The summed E-state index contributed by atoms with van der Waals surface area (Å²) in [6, 6.07) is 13.6. The van der Waals surface area contributed by atoms with E-state index in [4.69, 9.17) is 4.84 Å². The molecule has 2 aliphatic heterocycles. The number of carbonyl (C=O) groups excluding carboxylic acids is 1. The van der Waals surface area contributed by atoms with E-state index in [1.807, 2.05) is 18.2 Å². The van der Waals surface area contributed by atoms with Crippen molar-refractivity contribution >= 4 is 23.0 Å². The van der Waals surface area contributed by atoms with Gasteiger partial charge in [-0.1, -0.05) is 23.4 Å². The molecular weight excluding hydrogens is 292 g/mol. The highest BCUT2D eigenvalue weighted by Gasteiger charge is 2.44. The van der Waals surface area contributed by atoms with Gasteiger partial charge in [0.25, 0.3) is 5.91 Å². The van der Waals surface area contributed by atoms with Crippen LogP contribution in [0, 0.1) is 5.92 Å². The fourth-order valence-electron chi connectivity index (χ4n) is 3.03. The van der Waals surface area contributed by atoms with Crippen LogP contribution in [0.5, 0.6) is 0 Å². The monoisotopic (exact) mass is 308 g/mol. The smallest absolute Gasteiger partial charge is 0.273 e. The predicted octanol–water partition coefficient (Wildman–Crippen LogP) is 1.91. The van der Waals surface area contributed by atoms with Gasteiger partial charge in [0, 0.05) is 30.3 Å². The molecule has 1 aromatic heterocycles. The number of para-hydroxylation sites is 1. The summed E-state index contributed by atoms with van der Waals surface area (Å²) >= 11 is 0.